The molecule has 0 saturated heterocycles. The molecule has 0 aromatic heterocycles. The Morgan fingerprint density at radius 2 is 2.05 bits per heavy atom. The topological polar surface area (TPSA) is 70.0 Å². The van der Waals surface area contributed by atoms with Crippen LogP contribution >= 0.6 is 0 Å². The first kappa shape index (κ1) is 14.0. The monoisotopic (exact) mass is 278 g/mol. The van der Waals surface area contributed by atoms with Crippen molar-refractivity contribution in [1.82, 2.24) is 4.72 Å². The molecule has 1 N–H and O–H groups in total. The summed E-state index contributed by atoms with van der Waals surface area (Å²) in [6, 6.07) is 6.63. The van der Waals surface area contributed by atoms with Crippen LogP contribution in [0.15, 0.2) is 23.1 Å². The Morgan fingerprint density at radius 1 is 1.37 bits per heavy atom. The van der Waals surface area contributed by atoms with Crippen LogP contribution in [0.25, 0.3) is 0 Å². The normalized spacial score (nSPS) is 16.4. The number of nitrogens with one attached hydrogen (secondary N) is 1. The zero-order chi connectivity index (χ0) is 13.9. The first-order valence-corrected chi connectivity index (χ1v) is 8.01. The number of rotatable bonds is 4. The van der Waals surface area contributed by atoms with Gasteiger partial charge in [0.25, 0.3) is 0 Å². The Labute approximate surface area is 114 Å². The lowest BCUT2D eigenvalue weighted by atomic mass is 10.1. The van der Waals surface area contributed by atoms with E-state index in [1.807, 2.05) is 6.07 Å². The Balaban J connectivity index is 2.10. The molecule has 0 spiro atoms. The molecule has 1 aromatic carbocycles. The summed E-state index contributed by atoms with van der Waals surface area (Å²) in [6.07, 6.45) is 4.61. The van der Waals surface area contributed by atoms with Gasteiger partial charge in [0.15, 0.2) is 0 Å². The van der Waals surface area contributed by atoms with Crippen LogP contribution in [0.4, 0.5) is 0 Å². The number of aryl methyl sites for hydroxylation is 1. The maximum absolute atomic E-state index is 12.1. The van der Waals surface area contributed by atoms with Crippen LogP contribution in [0.5, 0.6) is 0 Å². The second-order valence-corrected chi connectivity index (χ2v) is 6.86. The van der Waals surface area contributed by atoms with Crippen LogP contribution in [-0.4, -0.2) is 15.0 Å². The van der Waals surface area contributed by atoms with Crippen LogP contribution in [0.1, 0.15) is 36.8 Å². The van der Waals surface area contributed by atoms with E-state index in [9.17, 15) is 8.42 Å². The molecular weight excluding hydrogens is 260 g/mol. The highest BCUT2D eigenvalue weighted by Gasteiger charge is 2.20. The van der Waals surface area contributed by atoms with Gasteiger partial charge in [-0.3, -0.25) is 0 Å². The quantitative estimate of drug-likeness (QED) is 0.919. The van der Waals surface area contributed by atoms with E-state index in [0.29, 0.717) is 23.6 Å². The van der Waals surface area contributed by atoms with Crippen molar-refractivity contribution in [3.63, 3.8) is 0 Å². The van der Waals surface area contributed by atoms with Crippen molar-refractivity contribution in [3.8, 4) is 6.07 Å². The number of nitrogens with zero attached hydrogens (tertiary/aromatic N) is 1. The van der Waals surface area contributed by atoms with Crippen LogP contribution in [0.3, 0.4) is 0 Å². The van der Waals surface area contributed by atoms with Gasteiger partial charge in [-0.1, -0.05) is 12.8 Å². The first-order chi connectivity index (χ1) is 9.03. The lowest BCUT2D eigenvalue weighted by Gasteiger charge is -2.11. The Bertz CT molecular complexity index is 596. The second kappa shape index (κ2) is 5.72. The molecule has 0 atom stereocenters. The maximum atomic E-state index is 12.1. The van der Waals surface area contributed by atoms with Crippen LogP contribution < -0.4 is 4.72 Å². The molecule has 1 aromatic rings. The van der Waals surface area contributed by atoms with Crippen molar-refractivity contribution in [1.29, 1.82) is 5.26 Å². The fourth-order valence-electron chi connectivity index (χ4n) is 2.45. The highest BCUT2D eigenvalue weighted by molar-refractivity contribution is 7.89. The van der Waals surface area contributed by atoms with Crippen molar-refractivity contribution >= 4 is 10.0 Å². The third kappa shape index (κ3) is 3.34. The average Bonchev–Trinajstić information content (AvgIpc) is 2.89. The van der Waals surface area contributed by atoms with Crippen LogP contribution in [0, 0.1) is 24.2 Å². The number of nitriles is 1. The molecule has 102 valence electrons. The number of hydrogen-bond acceptors (Lipinski definition) is 3. The van der Waals surface area contributed by atoms with Crippen molar-refractivity contribution in [3.05, 3.63) is 29.3 Å². The van der Waals surface area contributed by atoms with Crippen molar-refractivity contribution < 1.29 is 8.42 Å². The smallest absolute Gasteiger partial charge is 0.211 e. The molecule has 2 rings (SSSR count). The van der Waals surface area contributed by atoms with Gasteiger partial charge in [0.1, 0.15) is 0 Å². The lowest BCUT2D eigenvalue weighted by Crippen LogP contribution is -2.28. The zero-order valence-corrected chi connectivity index (χ0v) is 11.8. The van der Waals surface area contributed by atoms with Crippen LogP contribution in [0.2, 0.25) is 0 Å². The summed E-state index contributed by atoms with van der Waals surface area (Å²) >= 11 is 0. The third-order valence-corrected chi connectivity index (χ3v) is 5.09. The molecule has 5 heteroatoms. The largest absolute Gasteiger partial charge is 0.240 e. The third-order valence-electron chi connectivity index (χ3n) is 3.67. The molecule has 4 nitrogen and oxygen atoms in total. The number of sulfonamides is 1. The van der Waals surface area contributed by atoms with Gasteiger partial charge in [0.05, 0.1) is 16.5 Å². The van der Waals surface area contributed by atoms with Crippen molar-refractivity contribution in [2.45, 2.75) is 37.5 Å². The summed E-state index contributed by atoms with van der Waals surface area (Å²) in [5.41, 5.74) is 1.20. The van der Waals surface area contributed by atoms with Gasteiger partial charge >= 0.3 is 0 Å². The summed E-state index contributed by atoms with van der Waals surface area (Å²) in [6.45, 7) is 2.26. The van der Waals surface area contributed by atoms with Gasteiger partial charge in [0, 0.05) is 6.54 Å². The summed E-state index contributed by atoms with van der Waals surface area (Å²) in [7, 11) is -3.45. The standard InChI is InChI=1S/C14H18N2O2S/c1-11-8-14(7-6-13(11)9-15)19(17,18)16-10-12-4-2-3-5-12/h6-8,12,16H,2-5,10H2,1H3. The molecule has 0 bridgehead atoms. The van der Waals surface area contributed by atoms with E-state index >= 15 is 0 Å². The average molecular weight is 278 g/mol. The molecule has 19 heavy (non-hydrogen) atoms. The summed E-state index contributed by atoms with van der Waals surface area (Å²) in [5.74, 6) is 0.467. The fraction of sp³-hybridized carbons (Fsp3) is 0.500. The maximum Gasteiger partial charge on any atom is 0.240 e. The zero-order valence-electron chi connectivity index (χ0n) is 11.0. The van der Waals surface area contributed by atoms with Crippen molar-refractivity contribution in [2.75, 3.05) is 6.54 Å². The van der Waals surface area contributed by atoms with Gasteiger partial charge in [-0.15, -0.1) is 0 Å². The molecule has 1 fully saturated rings. The summed E-state index contributed by atoms with van der Waals surface area (Å²) in [4.78, 5) is 0.238. The number of benzene rings is 1. The number of hydrogen-bond donors (Lipinski definition) is 1. The van der Waals surface area contributed by atoms with Gasteiger partial charge < -0.3 is 0 Å². The molecule has 0 heterocycles. The van der Waals surface area contributed by atoms with E-state index in [1.54, 1.807) is 19.1 Å². The molecule has 0 amide bonds. The molecule has 0 unspecified atom stereocenters. The summed E-state index contributed by atoms with van der Waals surface area (Å²) in [5, 5.41) is 8.84. The highest BCUT2D eigenvalue weighted by Crippen LogP contribution is 2.24. The van der Waals surface area contributed by atoms with E-state index < -0.39 is 10.0 Å². The van der Waals surface area contributed by atoms with Gasteiger partial charge in [-0.25, -0.2) is 13.1 Å². The first-order valence-electron chi connectivity index (χ1n) is 6.53. The Kier molecular flexibility index (Phi) is 4.23. The van der Waals surface area contributed by atoms with Crippen LogP contribution in [-0.2, 0) is 10.0 Å². The predicted molar refractivity (Wildman–Crippen MR) is 73.0 cm³/mol. The molecular formula is C14H18N2O2S. The summed E-state index contributed by atoms with van der Waals surface area (Å²) < 4.78 is 27.0. The van der Waals surface area contributed by atoms with Crippen molar-refractivity contribution in [2.24, 2.45) is 5.92 Å². The van der Waals surface area contributed by atoms with E-state index in [-0.39, 0.29) is 4.90 Å². The molecule has 1 aliphatic rings. The molecule has 1 aliphatic carbocycles. The molecule has 0 aliphatic heterocycles. The Hall–Kier alpha value is -1.38. The minimum absolute atomic E-state index is 0.238. The minimum atomic E-state index is -3.45. The molecule has 1 saturated carbocycles. The second-order valence-electron chi connectivity index (χ2n) is 5.09. The predicted octanol–water partition coefficient (Wildman–Crippen LogP) is 2.34. The van der Waals surface area contributed by atoms with E-state index in [0.717, 1.165) is 12.8 Å². The van der Waals surface area contributed by atoms with E-state index in [2.05, 4.69) is 4.72 Å². The fourth-order valence-corrected chi connectivity index (χ4v) is 3.66. The SMILES string of the molecule is Cc1cc(S(=O)(=O)NCC2CCCC2)ccc1C#N. The van der Waals surface area contributed by atoms with Gasteiger partial charge in [-0.05, 0) is 49.4 Å². The minimum Gasteiger partial charge on any atom is -0.211 e. The Morgan fingerprint density at radius 3 is 2.63 bits per heavy atom. The lowest BCUT2D eigenvalue weighted by molar-refractivity contribution is 0.519. The van der Waals surface area contributed by atoms with E-state index in [1.165, 1.54) is 18.9 Å². The van der Waals surface area contributed by atoms with Gasteiger partial charge in [-0.2, -0.15) is 5.26 Å². The van der Waals surface area contributed by atoms with E-state index in [4.69, 9.17) is 5.26 Å². The van der Waals surface area contributed by atoms with Gasteiger partial charge in [0.2, 0.25) is 10.0 Å². The highest BCUT2D eigenvalue weighted by atomic mass is 32.2. The molecule has 0 radical (unpaired) electrons.